The third-order valence-electron chi connectivity index (χ3n) is 3.42. The molecule has 0 bridgehead atoms. The predicted octanol–water partition coefficient (Wildman–Crippen LogP) is 5.12. The average Bonchev–Trinajstić information content (AvgIpc) is 2.46. The molecule has 0 amide bonds. The third kappa shape index (κ3) is 3.60. The Labute approximate surface area is 139 Å². The van der Waals surface area contributed by atoms with E-state index in [2.05, 4.69) is 33.4 Å². The van der Waals surface area contributed by atoms with Crippen LogP contribution in [-0.2, 0) is 0 Å². The Morgan fingerprint density at radius 1 is 1.24 bits per heavy atom. The van der Waals surface area contributed by atoms with Crippen molar-refractivity contribution < 1.29 is 4.74 Å². The zero-order chi connectivity index (χ0) is 15.4. The van der Waals surface area contributed by atoms with Gasteiger partial charge in [0.25, 0.3) is 0 Å². The first-order valence-corrected chi connectivity index (χ1v) is 8.10. The molecule has 2 aromatic carbocycles. The summed E-state index contributed by atoms with van der Waals surface area (Å²) in [4.78, 5) is 0. The fourth-order valence-electron chi connectivity index (χ4n) is 2.37. The minimum atomic E-state index is 0.0300. The van der Waals surface area contributed by atoms with Gasteiger partial charge in [0.05, 0.1) is 12.6 Å². The highest BCUT2D eigenvalue weighted by molar-refractivity contribution is 9.10. The molecule has 0 saturated heterocycles. The van der Waals surface area contributed by atoms with Gasteiger partial charge in [-0.1, -0.05) is 51.8 Å². The van der Waals surface area contributed by atoms with Crippen molar-refractivity contribution in [3.63, 3.8) is 0 Å². The van der Waals surface area contributed by atoms with Gasteiger partial charge in [-0.05, 0) is 49.7 Å². The molecule has 0 radical (unpaired) electrons. The Bertz CT molecular complexity index is 630. The van der Waals surface area contributed by atoms with Crippen molar-refractivity contribution >= 4 is 27.5 Å². The lowest BCUT2D eigenvalue weighted by Gasteiger charge is -2.21. The van der Waals surface area contributed by atoms with Crippen molar-refractivity contribution in [3.05, 3.63) is 62.6 Å². The number of halogens is 2. The molecule has 4 heteroatoms. The van der Waals surface area contributed by atoms with E-state index in [0.29, 0.717) is 6.61 Å². The second-order valence-electron chi connectivity index (χ2n) is 4.82. The summed E-state index contributed by atoms with van der Waals surface area (Å²) in [5.74, 6) is 0.860. The van der Waals surface area contributed by atoms with Crippen LogP contribution in [0.3, 0.4) is 0 Å². The van der Waals surface area contributed by atoms with E-state index in [9.17, 15) is 0 Å². The molecule has 1 N–H and O–H groups in total. The van der Waals surface area contributed by atoms with Gasteiger partial charge >= 0.3 is 0 Å². The summed E-state index contributed by atoms with van der Waals surface area (Å²) in [6, 6.07) is 12.2. The number of hydrogen-bond donors (Lipinski definition) is 1. The summed E-state index contributed by atoms with van der Waals surface area (Å²) in [5, 5.41) is 4.14. The Morgan fingerprint density at radius 2 is 2.00 bits per heavy atom. The minimum Gasteiger partial charge on any atom is -0.494 e. The van der Waals surface area contributed by atoms with Crippen molar-refractivity contribution in [2.45, 2.75) is 19.9 Å². The lowest BCUT2D eigenvalue weighted by Crippen LogP contribution is -2.18. The van der Waals surface area contributed by atoms with Crippen molar-refractivity contribution in [2.24, 2.45) is 0 Å². The van der Waals surface area contributed by atoms with Crippen LogP contribution in [0.2, 0.25) is 5.02 Å². The molecule has 0 fully saturated rings. The quantitative estimate of drug-likeness (QED) is 0.791. The van der Waals surface area contributed by atoms with Gasteiger partial charge in [0, 0.05) is 9.50 Å². The van der Waals surface area contributed by atoms with E-state index >= 15 is 0 Å². The molecule has 0 aliphatic carbocycles. The summed E-state index contributed by atoms with van der Waals surface area (Å²) in [6.45, 7) is 4.65. The summed E-state index contributed by atoms with van der Waals surface area (Å²) in [6.07, 6.45) is 0. The molecule has 0 heterocycles. The van der Waals surface area contributed by atoms with Gasteiger partial charge in [-0.2, -0.15) is 0 Å². The third-order valence-corrected chi connectivity index (χ3v) is 4.62. The summed E-state index contributed by atoms with van der Waals surface area (Å²) >= 11 is 10.1. The van der Waals surface area contributed by atoms with Crippen LogP contribution in [-0.4, -0.2) is 13.7 Å². The van der Waals surface area contributed by atoms with Crippen LogP contribution in [0, 0.1) is 6.92 Å². The van der Waals surface area contributed by atoms with Gasteiger partial charge in [-0.15, -0.1) is 0 Å². The SMILES string of the molecule is CCOc1ccc(C(NC)c2cccc(C)c2Cl)c(Br)c1. The number of nitrogens with one attached hydrogen (secondary N) is 1. The Morgan fingerprint density at radius 3 is 2.62 bits per heavy atom. The number of aryl methyl sites for hydroxylation is 1. The van der Waals surface area contributed by atoms with Gasteiger partial charge in [-0.3, -0.25) is 0 Å². The highest BCUT2D eigenvalue weighted by Gasteiger charge is 2.18. The molecule has 2 rings (SSSR count). The highest BCUT2D eigenvalue weighted by atomic mass is 79.9. The maximum Gasteiger partial charge on any atom is 0.120 e. The maximum atomic E-state index is 6.47. The summed E-state index contributed by atoms with van der Waals surface area (Å²) in [7, 11) is 1.94. The zero-order valence-electron chi connectivity index (χ0n) is 12.4. The Kier molecular flexibility index (Phi) is 5.68. The molecule has 0 aliphatic rings. The van der Waals surface area contributed by atoms with E-state index in [4.69, 9.17) is 16.3 Å². The van der Waals surface area contributed by atoms with Crippen molar-refractivity contribution in [3.8, 4) is 5.75 Å². The highest BCUT2D eigenvalue weighted by Crippen LogP contribution is 2.35. The molecule has 0 aliphatic heterocycles. The first-order valence-electron chi connectivity index (χ1n) is 6.93. The molecule has 0 aromatic heterocycles. The molecule has 112 valence electrons. The Hall–Kier alpha value is -1.03. The number of ether oxygens (including phenoxy) is 1. The van der Waals surface area contributed by atoms with Gasteiger partial charge in [0.2, 0.25) is 0 Å². The average molecular weight is 369 g/mol. The normalized spacial score (nSPS) is 12.2. The first-order chi connectivity index (χ1) is 10.1. The van der Waals surface area contributed by atoms with Gasteiger partial charge in [-0.25, -0.2) is 0 Å². The topological polar surface area (TPSA) is 21.3 Å². The fraction of sp³-hybridized carbons (Fsp3) is 0.294. The van der Waals surface area contributed by atoms with Gasteiger partial charge in [0.1, 0.15) is 5.75 Å². The standard InChI is InChI=1S/C17H19BrClNO/c1-4-21-12-8-9-13(15(18)10-12)17(20-3)14-7-5-6-11(2)16(14)19/h5-10,17,20H,4H2,1-3H3. The lowest BCUT2D eigenvalue weighted by molar-refractivity contribution is 0.340. The molecule has 2 aromatic rings. The largest absolute Gasteiger partial charge is 0.494 e. The van der Waals surface area contributed by atoms with Crippen molar-refractivity contribution in [1.82, 2.24) is 5.32 Å². The zero-order valence-corrected chi connectivity index (χ0v) is 14.8. The number of rotatable bonds is 5. The van der Waals surface area contributed by atoms with Crippen LogP contribution in [0.25, 0.3) is 0 Å². The molecular formula is C17H19BrClNO. The van der Waals surface area contributed by atoms with Gasteiger partial charge in [0.15, 0.2) is 0 Å². The molecule has 2 nitrogen and oxygen atoms in total. The molecule has 21 heavy (non-hydrogen) atoms. The maximum absolute atomic E-state index is 6.47. The van der Waals surface area contributed by atoms with Gasteiger partial charge < -0.3 is 10.1 Å². The van der Waals surface area contributed by atoms with Crippen LogP contribution in [0.4, 0.5) is 0 Å². The lowest BCUT2D eigenvalue weighted by atomic mass is 9.97. The van der Waals surface area contributed by atoms with Crippen molar-refractivity contribution in [2.75, 3.05) is 13.7 Å². The van der Waals surface area contributed by atoms with Crippen LogP contribution < -0.4 is 10.1 Å². The molecular weight excluding hydrogens is 350 g/mol. The van der Waals surface area contributed by atoms with E-state index in [0.717, 1.165) is 31.9 Å². The second kappa shape index (κ2) is 7.30. The minimum absolute atomic E-state index is 0.0300. The van der Waals surface area contributed by atoms with E-state index in [1.807, 2.05) is 45.2 Å². The molecule has 1 atom stereocenters. The van der Waals surface area contributed by atoms with Crippen LogP contribution in [0.1, 0.15) is 29.7 Å². The molecule has 0 saturated carbocycles. The monoisotopic (exact) mass is 367 g/mol. The van der Waals surface area contributed by atoms with Crippen LogP contribution >= 0.6 is 27.5 Å². The van der Waals surface area contributed by atoms with Crippen LogP contribution in [0.15, 0.2) is 40.9 Å². The fourth-order valence-corrected chi connectivity index (χ4v) is 3.19. The molecule has 0 spiro atoms. The van der Waals surface area contributed by atoms with E-state index in [-0.39, 0.29) is 6.04 Å². The Balaban J connectivity index is 2.44. The molecule has 1 unspecified atom stereocenters. The van der Waals surface area contributed by atoms with E-state index in [1.165, 1.54) is 0 Å². The predicted molar refractivity (Wildman–Crippen MR) is 92.4 cm³/mol. The number of hydrogen-bond acceptors (Lipinski definition) is 2. The van der Waals surface area contributed by atoms with E-state index < -0.39 is 0 Å². The second-order valence-corrected chi connectivity index (χ2v) is 6.05. The van der Waals surface area contributed by atoms with Crippen molar-refractivity contribution in [1.29, 1.82) is 0 Å². The van der Waals surface area contributed by atoms with Crippen LogP contribution in [0.5, 0.6) is 5.75 Å². The smallest absolute Gasteiger partial charge is 0.120 e. The van der Waals surface area contributed by atoms with E-state index in [1.54, 1.807) is 0 Å². The summed E-state index contributed by atoms with van der Waals surface area (Å²) < 4.78 is 6.53. The number of benzene rings is 2. The first kappa shape index (κ1) is 16.3. The summed E-state index contributed by atoms with van der Waals surface area (Å²) in [5.41, 5.74) is 3.29.